The Hall–Kier alpha value is -2.63. The highest BCUT2D eigenvalue weighted by atomic mass is 16.5. The van der Waals surface area contributed by atoms with Crippen molar-refractivity contribution in [1.29, 1.82) is 0 Å². The number of aliphatic hydroxyl groups is 2. The number of methoxy groups -OCH3 is 1. The quantitative estimate of drug-likeness (QED) is 0.644. The second-order valence-corrected chi connectivity index (χ2v) is 5.97. The predicted octanol–water partition coefficient (Wildman–Crippen LogP) is 2.98. The number of nitrogens with one attached hydrogen (secondary N) is 1. The summed E-state index contributed by atoms with van der Waals surface area (Å²) in [5.41, 5.74) is 4.62. The maximum atomic E-state index is 9.63. The number of benzene rings is 2. The maximum Gasteiger partial charge on any atom is 0.121 e. The largest absolute Gasteiger partial charge is 0.496 e. The predicted molar refractivity (Wildman–Crippen MR) is 100 cm³/mol. The van der Waals surface area contributed by atoms with Crippen molar-refractivity contribution in [3.63, 3.8) is 0 Å². The van der Waals surface area contributed by atoms with Gasteiger partial charge in [0.2, 0.25) is 0 Å². The number of pyridine rings is 1. The molecule has 3 aromatic rings. The van der Waals surface area contributed by atoms with Crippen LogP contribution in [0.25, 0.3) is 22.2 Å². The molecular weight excluding hydrogens is 316 g/mol. The van der Waals surface area contributed by atoms with E-state index in [1.165, 1.54) is 0 Å². The van der Waals surface area contributed by atoms with Crippen LogP contribution < -0.4 is 10.1 Å². The van der Waals surface area contributed by atoms with Gasteiger partial charge in [0.15, 0.2) is 0 Å². The van der Waals surface area contributed by atoms with Gasteiger partial charge < -0.3 is 20.3 Å². The van der Waals surface area contributed by atoms with Gasteiger partial charge in [0.1, 0.15) is 5.75 Å². The minimum absolute atomic E-state index is 0.269. The van der Waals surface area contributed by atoms with E-state index < -0.39 is 6.10 Å². The van der Waals surface area contributed by atoms with Gasteiger partial charge in [-0.1, -0.05) is 18.2 Å². The minimum Gasteiger partial charge on any atom is -0.496 e. The number of nitrogens with zero attached hydrogens (tertiary/aromatic N) is 1. The number of para-hydroxylation sites is 1. The molecule has 25 heavy (non-hydrogen) atoms. The van der Waals surface area contributed by atoms with Crippen LogP contribution in [-0.4, -0.2) is 41.6 Å². The molecule has 1 atom stereocenters. The summed E-state index contributed by atoms with van der Waals surface area (Å²) in [7, 11) is 1.66. The molecule has 0 aliphatic carbocycles. The Kier molecular flexibility index (Phi) is 5.16. The summed E-state index contributed by atoms with van der Waals surface area (Å²) in [6.45, 7) is 1.99. The van der Waals surface area contributed by atoms with Crippen LogP contribution in [0.5, 0.6) is 5.75 Å². The Bertz CT molecular complexity index is 880. The Balaban J connectivity index is 2.05. The summed E-state index contributed by atoms with van der Waals surface area (Å²) in [6, 6.07) is 15.8. The molecule has 0 fully saturated rings. The van der Waals surface area contributed by atoms with Crippen molar-refractivity contribution < 1.29 is 14.9 Å². The van der Waals surface area contributed by atoms with Gasteiger partial charge in [-0.3, -0.25) is 0 Å². The van der Waals surface area contributed by atoms with Crippen LogP contribution in [0.15, 0.2) is 48.5 Å². The van der Waals surface area contributed by atoms with E-state index in [1.807, 2.05) is 55.5 Å². The van der Waals surface area contributed by atoms with Gasteiger partial charge in [-0.2, -0.15) is 0 Å². The molecule has 1 heterocycles. The van der Waals surface area contributed by atoms with Crippen LogP contribution in [0.3, 0.4) is 0 Å². The molecule has 0 radical (unpaired) electrons. The molecule has 5 heteroatoms. The molecule has 2 aromatic carbocycles. The van der Waals surface area contributed by atoms with Crippen LogP contribution in [0.4, 0.5) is 5.69 Å². The number of aromatic nitrogens is 1. The van der Waals surface area contributed by atoms with Crippen molar-refractivity contribution in [3.05, 3.63) is 54.1 Å². The molecule has 1 unspecified atom stereocenters. The summed E-state index contributed by atoms with van der Waals surface area (Å²) in [6.07, 6.45) is -0.807. The molecule has 0 spiro atoms. The van der Waals surface area contributed by atoms with Crippen LogP contribution in [0.1, 0.15) is 5.56 Å². The molecule has 5 nitrogen and oxygen atoms in total. The molecule has 1 aromatic heterocycles. The lowest BCUT2D eigenvalue weighted by Crippen LogP contribution is -2.23. The maximum absolute atomic E-state index is 9.63. The first-order valence-corrected chi connectivity index (χ1v) is 8.20. The normalized spacial score (nSPS) is 12.2. The average molecular weight is 338 g/mol. The van der Waals surface area contributed by atoms with E-state index in [0.29, 0.717) is 0 Å². The zero-order valence-electron chi connectivity index (χ0n) is 14.4. The molecule has 0 saturated carbocycles. The molecule has 0 aliphatic heterocycles. The number of hydrogen-bond donors (Lipinski definition) is 3. The second kappa shape index (κ2) is 7.51. The standard InChI is InChI=1S/C20H22N2O3/c1-13-9-14(7-8-20(13)25-2)18-10-19(21-11-15(24)12-23)16-5-3-4-6-17(16)22-18/h3-10,15,23-24H,11-12H2,1-2H3,(H,21,22). The Morgan fingerprint density at radius 3 is 2.68 bits per heavy atom. The Morgan fingerprint density at radius 2 is 1.96 bits per heavy atom. The van der Waals surface area contributed by atoms with Gasteiger partial charge in [0, 0.05) is 23.2 Å². The highest BCUT2D eigenvalue weighted by molar-refractivity contribution is 5.93. The van der Waals surface area contributed by atoms with E-state index >= 15 is 0 Å². The van der Waals surface area contributed by atoms with Gasteiger partial charge >= 0.3 is 0 Å². The van der Waals surface area contributed by atoms with Crippen molar-refractivity contribution in [2.45, 2.75) is 13.0 Å². The number of aryl methyl sites for hydroxylation is 1. The number of hydrogen-bond acceptors (Lipinski definition) is 5. The third kappa shape index (κ3) is 3.73. The first kappa shape index (κ1) is 17.2. The van der Waals surface area contributed by atoms with Crippen molar-refractivity contribution >= 4 is 16.6 Å². The SMILES string of the molecule is COc1ccc(-c2cc(NCC(O)CO)c3ccccc3n2)cc1C. The van der Waals surface area contributed by atoms with E-state index in [1.54, 1.807) is 7.11 Å². The smallest absolute Gasteiger partial charge is 0.121 e. The highest BCUT2D eigenvalue weighted by Crippen LogP contribution is 2.30. The molecule has 0 aliphatic rings. The lowest BCUT2D eigenvalue weighted by atomic mass is 10.0. The van der Waals surface area contributed by atoms with Gasteiger partial charge in [0.25, 0.3) is 0 Å². The monoisotopic (exact) mass is 338 g/mol. The second-order valence-electron chi connectivity index (χ2n) is 5.97. The average Bonchev–Trinajstić information content (AvgIpc) is 2.65. The fraction of sp³-hybridized carbons (Fsp3) is 0.250. The Morgan fingerprint density at radius 1 is 1.16 bits per heavy atom. The number of fused-ring (bicyclic) bond motifs is 1. The lowest BCUT2D eigenvalue weighted by molar-refractivity contribution is 0.105. The first-order chi connectivity index (χ1) is 12.1. The lowest BCUT2D eigenvalue weighted by Gasteiger charge is -2.14. The number of ether oxygens (including phenoxy) is 1. The third-order valence-electron chi connectivity index (χ3n) is 4.15. The van der Waals surface area contributed by atoms with Gasteiger partial charge in [-0.05, 0) is 42.8 Å². The Labute approximate surface area is 146 Å². The van der Waals surface area contributed by atoms with Crippen LogP contribution in [0.2, 0.25) is 0 Å². The number of rotatable bonds is 6. The molecule has 0 saturated heterocycles. The summed E-state index contributed by atoms with van der Waals surface area (Å²) in [5, 5.41) is 22.8. The fourth-order valence-electron chi connectivity index (χ4n) is 2.80. The summed E-state index contributed by atoms with van der Waals surface area (Å²) in [4.78, 5) is 4.76. The van der Waals surface area contributed by atoms with Crippen LogP contribution >= 0.6 is 0 Å². The van der Waals surface area contributed by atoms with Crippen LogP contribution in [-0.2, 0) is 0 Å². The molecule has 3 rings (SSSR count). The van der Waals surface area contributed by atoms with Gasteiger partial charge in [-0.15, -0.1) is 0 Å². The summed E-state index contributed by atoms with van der Waals surface area (Å²) in [5.74, 6) is 0.842. The van der Waals surface area contributed by atoms with E-state index in [4.69, 9.17) is 14.8 Å². The number of anilines is 1. The van der Waals surface area contributed by atoms with Crippen molar-refractivity contribution in [2.75, 3.05) is 25.6 Å². The summed E-state index contributed by atoms with van der Waals surface area (Å²) < 4.78 is 5.32. The third-order valence-corrected chi connectivity index (χ3v) is 4.15. The highest BCUT2D eigenvalue weighted by Gasteiger charge is 2.10. The van der Waals surface area contributed by atoms with E-state index in [2.05, 4.69) is 5.32 Å². The van der Waals surface area contributed by atoms with Gasteiger partial charge in [-0.25, -0.2) is 4.98 Å². The number of aliphatic hydroxyl groups excluding tert-OH is 2. The van der Waals surface area contributed by atoms with E-state index in [-0.39, 0.29) is 13.2 Å². The molecular formula is C20H22N2O3. The molecule has 0 bridgehead atoms. The van der Waals surface area contributed by atoms with Crippen molar-refractivity contribution in [2.24, 2.45) is 0 Å². The van der Waals surface area contributed by atoms with Crippen molar-refractivity contribution in [3.8, 4) is 17.0 Å². The topological polar surface area (TPSA) is 74.6 Å². The van der Waals surface area contributed by atoms with E-state index in [0.717, 1.165) is 39.2 Å². The fourth-order valence-corrected chi connectivity index (χ4v) is 2.80. The minimum atomic E-state index is -0.807. The summed E-state index contributed by atoms with van der Waals surface area (Å²) >= 11 is 0. The zero-order valence-corrected chi connectivity index (χ0v) is 14.4. The van der Waals surface area contributed by atoms with Crippen molar-refractivity contribution in [1.82, 2.24) is 4.98 Å². The molecule has 3 N–H and O–H groups in total. The van der Waals surface area contributed by atoms with E-state index in [9.17, 15) is 5.11 Å². The zero-order chi connectivity index (χ0) is 17.8. The molecule has 130 valence electrons. The van der Waals surface area contributed by atoms with Crippen LogP contribution in [0, 0.1) is 6.92 Å². The molecule has 0 amide bonds. The van der Waals surface area contributed by atoms with Gasteiger partial charge in [0.05, 0.1) is 31.0 Å². The first-order valence-electron chi connectivity index (χ1n) is 8.20.